The maximum Gasteiger partial charge on any atom is 0.371 e. The van der Waals surface area contributed by atoms with Crippen LogP contribution in [0, 0.1) is 0 Å². The third-order valence-electron chi connectivity index (χ3n) is 4.06. The highest BCUT2D eigenvalue weighted by molar-refractivity contribution is 7.91. The van der Waals surface area contributed by atoms with Crippen molar-refractivity contribution in [3.63, 3.8) is 0 Å². The van der Waals surface area contributed by atoms with E-state index in [1.807, 2.05) is 11.9 Å². The molecule has 1 aliphatic carbocycles. The van der Waals surface area contributed by atoms with Crippen LogP contribution in [0.3, 0.4) is 0 Å². The molecule has 7 heteroatoms. The average Bonchev–Trinajstić information content (AvgIpc) is 2.86. The first-order chi connectivity index (χ1) is 9.79. The summed E-state index contributed by atoms with van der Waals surface area (Å²) in [5.74, 6) is -0.662. The van der Waals surface area contributed by atoms with Gasteiger partial charge in [-0.3, -0.25) is 4.90 Å². The van der Waals surface area contributed by atoms with Crippen molar-refractivity contribution in [2.24, 2.45) is 0 Å². The molecule has 2 rings (SSSR count). The summed E-state index contributed by atoms with van der Waals surface area (Å²) in [5.41, 5.74) is 0. The van der Waals surface area contributed by atoms with E-state index in [-0.39, 0.29) is 17.1 Å². The Morgan fingerprint density at radius 2 is 2.05 bits per heavy atom. The largest absolute Gasteiger partial charge is 0.475 e. The van der Waals surface area contributed by atoms with Gasteiger partial charge in [0.15, 0.2) is 9.84 Å². The number of furan rings is 1. The fourth-order valence-corrected chi connectivity index (χ4v) is 4.53. The van der Waals surface area contributed by atoms with Gasteiger partial charge in [0.25, 0.3) is 0 Å². The standard InChI is InChI=1S/C14H21NO5S/c1-15(9-10-7-8-12(20-10)14(16)17)11-5-3-4-6-13(11)21(2,18)19/h7-8,11,13H,3-6,9H2,1-2H3,(H,16,17). The van der Waals surface area contributed by atoms with E-state index >= 15 is 0 Å². The molecule has 21 heavy (non-hydrogen) atoms. The Kier molecular flexibility index (Phi) is 4.73. The SMILES string of the molecule is CN(Cc1ccc(C(=O)O)o1)C1CCCCC1S(C)(=O)=O. The maximum atomic E-state index is 11.9. The molecule has 0 bridgehead atoms. The van der Waals surface area contributed by atoms with Crippen molar-refractivity contribution in [3.05, 3.63) is 23.7 Å². The number of carboxylic acid groups (broad SMARTS) is 1. The summed E-state index contributed by atoms with van der Waals surface area (Å²) < 4.78 is 29.1. The second kappa shape index (κ2) is 6.19. The lowest BCUT2D eigenvalue weighted by molar-refractivity contribution is 0.0657. The molecule has 0 radical (unpaired) electrons. The van der Waals surface area contributed by atoms with Crippen LogP contribution in [0.2, 0.25) is 0 Å². The van der Waals surface area contributed by atoms with Crippen LogP contribution in [-0.4, -0.2) is 49.0 Å². The Morgan fingerprint density at radius 1 is 1.38 bits per heavy atom. The highest BCUT2D eigenvalue weighted by Crippen LogP contribution is 2.28. The molecule has 1 N–H and O–H groups in total. The number of sulfone groups is 1. The molecular weight excluding hydrogens is 294 g/mol. The molecule has 0 aliphatic heterocycles. The highest BCUT2D eigenvalue weighted by Gasteiger charge is 2.35. The zero-order chi connectivity index (χ0) is 15.6. The minimum absolute atomic E-state index is 0.0490. The fraction of sp³-hybridized carbons (Fsp3) is 0.643. The summed E-state index contributed by atoms with van der Waals surface area (Å²) in [6, 6.07) is 2.99. The van der Waals surface area contributed by atoms with Crippen LogP contribution in [0.5, 0.6) is 0 Å². The van der Waals surface area contributed by atoms with Gasteiger partial charge in [-0.15, -0.1) is 0 Å². The molecule has 1 saturated carbocycles. The van der Waals surface area contributed by atoms with Crippen LogP contribution in [0.15, 0.2) is 16.5 Å². The number of aromatic carboxylic acids is 1. The fourth-order valence-electron chi connectivity index (χ4n) is 3.02. The lowest BCUT2D eigenvalue weighted by Gasteiger charge is -2.36. The van der Waals surface area contributed by atoms with Crippen LogP contribution in [0.1, 0.15) is 42.0 Å². The quantitative estimate of drug-likeness (QED) is 0.891. The molecule has 2 atom stereocenters. The zero-order valence-electron chi connectivity index (χ0n) is 12.3. The first kappa shape index (κ1) is 16.0. The first-order valence-corrected chi connectivity index (χ1v) is 8.95. The van der Waals surface area contributed by atoms with Crippen LogP contribution in [0.4, 0.5) is 0 Å². The molecule has 1 aromatic rings. The molecule has 1 aromatic heterocycles. The van der Waals surface area contributed by atoms with Gasteiger partial charge in [0.1, 0.15) is 5.76 Å². The molecule has 1 aliphatic rings. The van der Waals surface area contributed by atoms with E-state index in [4.69, 9.17) is 9.52 Å². The molecule has 0 saturated heterocycles. The van der Waals surface area contributed by atoms with Gasteiger partial charge in [-0.05, 0) is 32.0 Å². The smallest absolute Gasteiger partial charge is 0.371 e. The molecule has 1 heterocycles. The van der Waals surface area contributed by atoms with Crippen molar-refractivity contribution < 1.29 is 22.7 Å². The van der Waals surface area contributed by atoms with Gasteiger partial charge in [0, 0.05) is 12.3 Å². The summed E-state index contributed by atoms with van der Waals surface area (Å²) >= 11 is 0. The summed E-state index contributed by atoms with van der Waals surface area (Å²) in [6.45, 7) is 0.407. The second-order valence-electron chi connectivity index (χ2n) is 5.71. The molecule has 2 unspecified atom stereocenters. The molecular formula is C14H21NO5S. The molecule has 6 nitrogen and oxygen atoms in total. The van der Waals surface area contributed by atoms with Crippen molar-refractivity contribution in [1.29, 1.82) is 0 Å². The Morgan fingerprint density at radius 3 is 2.62 bits per heavy atom. The second-order valence-corrected chi connectivity index (χ2v) is 7.97. The minimum atomic E-state index is -3.09. The van der Waals surface area contributed by atoms with Crippen molar-refractivity contribution in [3.8, 4) is 0 Å². The monoisotopic (exact) mass is 315 g/mol. The van der Waals surface area contributed by atoms with Gasteiger partial charge >= 0.3 is 5.97 Å². The predicted octanol–water partition coefficient (Wildman–Crippen LogP) is 1.77. The number of rotatable bonds is 5. The minimum Gasteiger partial charge on any atom is -0.475 e. The number of hydrogen-bond acceptors (Lipinski definition) is 5. The topological polar surface area (TPSA) is 87.8 Å². The van der Waals surface area contributed by atoms with Crippen molar-refractivity contribution in [2.45, 2.75) is 43.5 Å². The molecule has 0 aromatic carbocycles. The van der Waals surface area contributed by atoms with Crippen LogP contribution >= 0.6 is 0 Å². The maximum absolute atomic E-state index is 11.9. The Bertz CT molecular complexity index is 607. The normalized spacial score (nSPS) is 23.4. The van der Waals surface area contributed by atoms with E-state index in [1.165, 1.54) is 12.3 Å². The van der Waals surface area contributed by atoms with E-state index < -0.39 is 15.8 Å². The van der Waals surface area contributed by atoms with Crippen molar-refractivity contribution >= 4 is 15.8 Å². The Labute approximate surface area is 124 Å². The van der Waals surface area contributed by atoms with E-state index in [9.17, 15) is 13.2 Å². The summed E-state index contributed by atoms with van der Waals surface area (Å²) in [7, 11) is -1.23. The summed E-state index contributed by atoms with van der Waals surface area (Å²) in [4.78, 5) is 12.8. The average molecular weight is 315 g/mol. The predicted molar refractivity (Wildman–Crippen MR) is 78.0 cm³/mol. The van der Waals surface area contributed by atoms with Crippen molar-refractivity contribution in [2.75, 3.05) is 13.3 Å². The van der Waals surface area contributed by atoms with E-state index in [2.05, 4.69) is 0 Å². The molecule has 1 fully saturated rings. The molecule has 0 amide bonds. The lowest BCUT2D eigenvalue weighted by Crippen LogP contribution is -2.46. The van der Waals surface area contributed by atoms with Gasteiger partial charge in [-0.2, -0.15) is 0 Å². The van der Waals surface area contributed by atoms with Crippen molar-refractivity contribution in [1.82, 2.24) is 4.90 Å². The van der Waals surface area contributed by atoms with Crippen LogP contribution in [0.25, 0.3) is 0 Å². The molecule has 118 valence electrons. The van der Waals surface area contributed by atoms with E-state index in [0.29, 0.717) is 18.7 Å². The Balaban J connectivity index is 2.10. The lowest BCUT2D eigenvalue weighted by atomic mass is 9.94. The first-order valence-electron chi connectivity index (χ1n) is 7.00. The third kappa shape index (κ3) is 3.85. The van der Waals surface area contributed by atoms with Gasteiger partial charge in [-0.25, -0.2) is 13.2 Å². The number of nitrogens with zero attached hydrogens (tertiary/aromatic N) is 1. The number of hydrogen-bond donors (Lipinski definition) is 1. The van der Waals surface area contributed by atoms with Gasteiger partial charge in [-0.1, -0.05) is 12.8 Å². The summed E-state index contributed by atoms with van der Waals surface area (Å²) in [5, 5.41) is 8.49. The highest BCUT2D eigenvalue weighted by atomic mass is 32.2. The third-order valence-corrected chi connectivity index (χ3v) is 5.71. The van der Waals surface area contributed by atoms with Crippen LogP contribution in [-0.2, 0) is 16.4 Å². The number of carboxylic acids is 1. The van der Waals surface area contributed by atoms with E-state index in [1.54, 1.807) is 6.07 Å². The zero-order valence-corrected chi connectivity index (χ0v) is 13.1. The van der Waals surface area contributed by atoms with Gasteiger partial charge in [0.05, 0.1) is 11.8 Å². The number of carbonyl (C=O) groups is 1. The van der Waals surface area contributed by atoms with Crippen LogP contribution < -0.4 is 0 Å². The summed E-state index contributed by atoms with van der Waals surface area (Å²) in [6.07, 6.45) is 4.76. The van der Waals surface area contributed by atoms with Gasteiger partial charge in [0.2, 0.25) is 5.76 Å². The Hall–Kier alpha value is -1.34. The van der Waals surface area contributed by atoms with Gasteiger partial charge < -0.3 is 9.52 Å². The van der Waals surface area contributed by atoms with E-state index in [0.717, 1.165) is 19.3 Å². The molecule has 0 spiro atoms.